The summed E-state index contributed by atoms with van der Waals surface area (Å²) < 4.78 is 26.2. The molecule has 2 heterocycles. The van der Waals surface area contributed by atoms with Gasteiger partial charge in [0.05, 0.1) is 5.75 Å². The molecule has 1 aromatic heterocycles. The summed E-state index contributed by atoms with van der Waals surface area (Å²) in [4.78, 5) is 1.12. The third-order valence-electron chi connectivity index (χ3n) is 3.17. The molecule has 0 aromatic carbocycles. The lowest BCUT2D eigenvalue weighted by Crippen LogP contribution is -2.32. The molecule has 6 heteroatoms. The summed E-state index contributed by atoms with van der Waals surface area (Å²) in [5, 5.41) is 5.34. The predicted octanol–water partition coefficient (Wildman–Crippen LogP) is 1.35. The fourth-order valence-corrected chi connectivity index (χ4v) is 4.05. The van der Waals surface area contributed by atoms with Crippen LogP contribution in [0.2, 0.25) is 0 Å². The first-order valence-electron chi connectivity index (χ1n) is 6.39. The molecule has 2 rings (SSSR count). The lowest BCUT2D eigenvalue weighted by atomic mass is 10.2. The van der Waals surface area contributed by atoms with Crippen LogP contribution in [-0.2, 0) is 16.4 Å². The smallest absolute Gasteiger partial charge is 0.211 e. The Morgan fingerprint density at radius 2 is 2.39 bits per heavy atom. The number of nitrogens with one attached hydrogen (secondary N) is 2. The molecule has 1 fully saturated rings. The Bertz CT molecular complexity index is 437. The van der Waals surface area contributed by atoms with Gasteiger partial charge in [0.2, 0.25) is 10.0 Å². The maximum Gasteiger partial charge on any atom is 0.211 e. The van der Waals surface area contributed by atoms with Gasteiger partial charge in [0.25, 0.3) is 0 Å². The van der Waals surface area contributed by atoms with Crippen LogP contribution in [0, 0.1) is 0 Å². The zero-order valence-corrected chi connectivity index (χ0v) is 12.0. The maximum absolute atomic E-state index is 11.8. The Hall–Kier alpha value is -0.430. The van der Waals surface area contributed by atoms with Crippen molar-refractivity contribution in [3.63, 3.8) is 0 Å². The Kier molecular flexibility index (Phi) is 5.17. The summed E-state index contributed by atoms with van der Waals surface area (Å²) in [6, 6.07) is 4.42. The first-order valence-corrected chi connectivity index (χ1v) is 8.92. The van der Waals surface area contributed by atoms with Crippen molar-refractivity contribution in [1.82, 2.24) is 10.0 Å². The van der Waals surface area contributed by atoms with Gasteiger partial charge in [0.15, 0.2) is 0 Å². The summed E-state index contributed by atoms with van der Waals surface area (Å²) >= 11 is 1.61. The van der Waals surface area contributed by atoms with Gasteiger partial charge in [-0.25, -0.2) is 13.1 Å². The van der Waals surface area contributed by atoms with E-state index in [1.807, 2.05) is 17.5 Å². The minimum Gasteiger partial charge on any atom is -0.314 e. The van der Waals surface area contributed by atoms with Crippen molar-refractivity contribution in [1.29, 1.82) is 0 Å². The molecule has 0 unspecified atom stereocenters. The second kappa shape index (κ2) is 6.65. The van der Waals surface area contributed by atoms with Gasteiger partial charge >= 0.3 is 0 Å². The summed E-state index contributed by atoms with van der Waals surface area (Å²) in [5.41, 5.74) is 0. The van der Waals surface area contributed by atoms with Crippen molar-refractivity contribution >= 4 is 21.4 Å². The van der Waals surface area contributed by atoms with Crippen molar-refractivity contribution in [3.8, 4) is 0 Å². The molecular weight excluding hydrogens is 268 g/mol. The van der Waals surface area contributed by atoms with Crippen LogP contribution < -0.4 is 10.0 Å². The molecule has 18 heavy (non-hydrogen) atoms. The lowest BCUT2D eigenvalue weighted by molar-refractivity contribution is 0.539. The molecule has 0 bridgehead atoms. The van der Waals surface area contributed by atoms with E-state index in [1.54, 1.807) is 11.3 Å². The third kappa shape index (κ3) is 4.68. The third-order valence-corrected chi connectivity index (χ3v) is 5.50. The number of sulfonamides is 1. The SMILES string of the molecule is O=S(=O)(CCc1cccs1)NCC[C@H]1CCCN1. The molecule has 1 aromatic rings. The normalized spacial score (nSPS) is 20.3. The van der Waals surface area contributed by atoms with Crippen molar-refractivity contribution in [2.24, 2.45) is 0 Å². The van der Waals surface area contributed by atoms with Crippen LogP contribution in [-0.4, -0.2) is 33.3 Å². The van der Waals surface area contributed by atoms with Gasteiger partial charge in [0.1, 0.15) is 0 Å². The number of hydrogen-bond acceptors (Lipinski definition) is 4. The van der Waals surface area contributed by atoms with Crippen LogP contribution >= 0.6 is 11.3 Å². The van der Waals surface area contributed by atoms with E-state index in [1.165, 1.54) is 6.42 Å². The van der Waals surface area contributed by atoms with E-state index >= 15 is 0 Å². The van der Waals surface area contributed by atoms with E-state index in [2.05, 4.69) is 10.0 Å². The van der Waals surface area contributed by atoms with Gasteiger partial charge in [-0.2, -0.15) is 0 Å². The molecule has 1 saturated heterocycles. The van der Waals surface area contributed by atoms with Gasteiger partial charge in [-0.05, 0) is 43.7 Å². The highest BCUT2D eigenvalue weighted by Gasteiger charge is 2.15. The lowest BCUT2D eigenvalue weighted by Gasteiger charge is -2.10. The largest absolute Gasteiger partial charge is 0.314 e. The fourth-order valence-electron chi connectivity index (χ4n) is 2.15. The van der Waals surface area contributed by atoms with E-state index in [0.29, 0.717) is 19.0 Å². The van der Waals surface area contributed by atoms with Gasteiger partial charge in [-0.3, -0.25) is 0 Å². The Labute approximate surface area is 113 Å². The first-order chi connectivity index (χ1) is 8.66. The van der Waals surface area contributed by atoms with Crippen LogP contribution in [0.4, 0.5) is 0 Å². The first kappa shape index (κ1) is 14.0. The molecule has 102 valence electrons. The Balaban J connectivity index is 1.66. The minimum absolute atomic E-state index is 0.186. The van der Waals surface area contributed by atoms with Gasteiger partial charge in [-0.1, -0.05) is 6.07 Å². The summed E-state index contributed by atoms with van der Waals surface area (Å²) in [5.74, 6) is 0.186. The van der Waals surface area contributed by atoms with Gasteiger partial charge in [0, 0.05) is 17.5 Å². The van der Waals surface area contributed by atoms with Gasteiger partial charge < -0.3 is 5.32 Å². The number of rotatable bonds is 7. The summed E-state index contributed by atoms with van der Waals surface area (Å²) in [7, 11) is -3.12. The van der Waals surface area contributed by atoms with Crippen molar-refractivity contribution < 1.29 is 8.42 Å². The molecule has 1 atom stereocenters. The molecule has 4 nitrogen and oxygen atoms in total. The number of aryl methyl sites for hydroxylation is 1. The van der Waals surface area contributed by atoms with Crippen LogP contribution in [0.5, 0.6) is 0 Å². The standard InChI is InChI=1S/C12H20N2O2S2/c15-18(16,10-6-12-4-2-9-17-12)14-8-5-11-3-1-7-13-11/h2,4,9,11,13-14H,1,3,5-8,10H2/t11-/m1/s1. The quantitative estimate of drug-likeness (QED) is 0.796. The van der Waals surface area contributed by atoms with E-state index in [-0.39, 0.29) is 5.75 Å². The Morgan fingerprint density at radius 1 is 1.50 bits per heavy atom. The average molecular weight is 288 g/mol. The molecule has 2 N–H and O–H groups in total. The van der Waals surface area contributed by atoms with Gasteiger partial charge in [-0.15, -0.1) is 11.3 Å². The van der Waals surface area contributed by atoms with Crippen LogP contribution in [0.15, 0.2) is 17.5 Å². The molecule has 1 aliphatic heterocycles. The second-order valence-corrected chi connectivity index (χ2v) is 7.58. The minimum atomic E-state index is -3.12. The maximum atomic E-state index is 11.8. The van der Waals surface area contributed by atoms with Crippen LogP contribution in [0.3, 0.4) is 0 Å². The van der Waals surface area contributed by atoms with Crippen molar-refractivity contribution in [2.45, 2.75) is 31.7 Å². The predicted molar refractivity (Wildman–Crippen MR) is 75.5 cm³/mol. The van der Waals surface area contributed by atoms with Crippen molar-refractivity contribution in [2.75, 3.05) is 18.8 Å². The number of hydrogen-bond donors (Lipinski definition) is 2. The topological polar surface area (TPSA) is 58.2 Å². The molecular formula is C12H20N2O2S2. The highest BCUT2D eigenvalue weighted by Crippen LogP contribution is 2.10. The molecule has 0 radical (unpaired) electrons. The zero-order chi connectivity index (χ0) is 12.8. The molecule has 0 aliphatic carbocycles. The Morgan fingerprint density at radius 3 is 3.06 bits per heavy atom. The summed E-state index contributed by atoms with van der Waals surface area (Å²) in [6.45, 7) is 1.61. The van der Waals surface area contributed by atoms with E-state index in [4.69, 9.17) is 0 Å². The second-order valence-electron chi connectivity index (χ2n) is 4.62. The van der Waals surface area contributed by atoms with E-state index in [9.17, 15) is 8.42 Å². The number of thiophene rings is 1. The van der Waals surface area contributed by atoms with Crippen LogP contribution in [0.25, 0.3) is 0 Å². The highest BCUT2D eigenvalue weighted by atomic mass is 32.2. The van der Waals surface area contributed by atoms with E-state index in [0.717, 1.165) is 24.3 Å². The molecule has 1 aliphatic rings. The van der Waals surface area contributed by atoms with Crippen LogP contribution in [0.1, 0.15) is 24.1 Å². The van der Waals surface area contributed by atoms with Crippen molar-refractivity contribution in [3.05, 3.63) is 22.4 Å². The monoisotopic (exact) mass is 288 g/mol. The highest BCUT2D eigenvalue weighted by molar-refractivity contribution is 7.89. The molecule has 0 spiro atoms. The fraction of sp³-hybridized carbons (Fsp3) is 0.667. The van der Waals surface area contributed by atoms with E-state index < -0.39 is 10.0 Å². The molecule has 0 amide bonds. The zero-order valence-electron chi connectivity index (χ0n) is 10.4. The molecule has 0 saturated carbocycles. The summed E-state index contributed by atoms with van der Waals surface area (Å²) in [6.07, 6.45) is 3.86. The average Bonchev–Trinajstić information content (AvgIpc) is 2.99.